The third kappa shape index (κ3) is 3.27. The molecule has 0 fully saturated rings. The third-order valence-electron chi connectivity index (χ3n) is 3.22. The maximum Gasteiger partial charge on any atom is 0.254 e. The first kappa shape index (κ1) is 14.8. The predicted octanol–water partition coefficient (Wildman–Crippen LogP) is 1.82. The second-order valence-electron chi connectivity index (χ2n) is 4.70. The van der Waals surface area contributed by atoms with E-state index in [2.05, 4.69) is 31.4 Å². The van der Waals surface area contributed by atoms with Crippen LogP contribution in [0.1, 0.15) is 28.2 Å². The van der Waals surface area contributed by atoms with Gasteiger partial charge in [0, 0.05) is 32.0 Å². The van der Waals surface area contributed by atoms with Crippen molar-refractivity contribution in [3.63, 3.8) is 0 Å². The summed E-state index contributed by atoms with van der Waals surface area (Å²) in [7, 11) is 1.82. The summed E-state index contributed by atoms with van der Waals surface area (Å²) >= 11 is 3.43. The van der Waals surface area contributed by atoms with Gasteiger partial charge in [-0.3, -0.25) is 14.2 Å². The van der Waals surface area contributed by atoms with Crippen molar-refractivity contribution in [2.75, 3.05) is 6.54 Å². The summed E-state index contributed by atoms with van der Waals surface area (Å²) in [5.74, 6) is -0.0755. The lowest BCUT2D eigenvalue weighted by molar-refractivity contribution is 0.0952. The Morgan fingerprint density at radius 1 is 1.45 bits per heavy atom. The summed E-state index contributed by atoms with van der Waals surface area (Å²) in [4.78, 5) is 12.0. The molecule has 0 bridgehead atoms. The lowest BCUT2D eigenvalue weighted by Gasteiger charge is -2.05. The second-order valence-corrected chi connectivity index (χ2v) is 5.56. The lowest BCUT2D eigenvalue weighted by atomic mass is 10.2. The highest BCUT2D eigenvalue weighted by atomic mass is 79.9. The minimum absolute atomic E-state index is 0.0755. The molecule has 0 aliphatic heterocycles. The average Bonchev–Trinajstić information content (AvgIpc) is 2.90. The standard InChI is InChI=1S/C13H18BrN5O/c1-9-12(14)8-19(17-9)6-4-5-15-13(20)11-7-16-18(3)10(11)2/h7-8H,4-6H2,1-3H3,(H,15,20). The zero-order valence-electron chi connectivity index (χ0n) is 11.9. The Kier molecular flexibility index (Phi) is 4.59. The first-order valence-corrected chi connectivity index (χ1v) is 7.24. The molecule has 1 amide bonds. The highest BCUT2D eigenvalue weighted by Gasteiger charge is 2.11. The summed E-state index contributed by atoms with van der Waals surface area (Å²) < 4.78 is 4.58. The van der Waals surface area contributed by atoms with Gasteiger partial charge in [0.05, 0.1) is 21.9 Å². The highest BCUT2D eigenvalue weighted by molar-refractivity contribution is 9.10. The van der Waals surface area contributed by atoms with E-state index in [1.165, 1.54) is 0 Å². The monoisotopic (exact) mass is 339 g/mol. The van der Waals surface area contributed by atoms with E-state index in [9.17, 15) is 4.79 Å². The molecular weight excluding hydrogens is 322 g/mol. The predicted molar refractivity (Wildman–Crippen MR) is 79.6 cm³/mol. The van der Waals surface area contributed by atoms with Crippen LogP contribution >= 0.6 is 15.9 Å². The largest absolute Gasteiger partial charge is 0.352 e. The molecule has 0 aromatic carbocycles. The molecule has 0 atom stereocenters. The normalized spacial score (nSPS) is 10.8. The molecule has 1 N–H and O–H groups in total. The van der Waals surface area contributed by atoms with E-state index in [4.69, 9.17) is 0 Å². The smallest absolute Gasteiger partial charge is 0.254 e. The molecule has 2 heterocycles. The van der Waals surface area contributed by atoms with E-state index < -0.39 is 0 Å². The number of rotatable bonds is 5. The Morgan fingerprint density at radius 2 is 2.20 bits per heavy atom. The van der Waals surface area contributed by atoms with Crippen LogP contribution in [0.3, 0.4) is 0 Å². The quantitative estimate of drug-likeness (QED) is 0.845. The van der Waals surface area contributed by atoms with Crippen molar-refractivity contribution in [1.29, 1.82) is 0 Å². The van der Waals surface area contributed by atoms with Gasteiger partial charge in [-0.05, 0) is 36.2 Å². The van der Waals surface area contributed by atoms with Gasteiger partial charge >= 0.3 is 0 Å². The first-order chi connectivity index (χ1) is 9.49. The number of halogens is 1. The molecule has 7 heteroatoms. The van der Waals surface area contributed by atoms with Crippen LogP contribution in [0.2, 0.25) is 0 Å². The second kappa shape index (κ2) is 6.21. The molecule has 2 rings (SSSR count). The van der Waals surface area contributed by atoms with Crippen molar-refractivity contribution < 1.29 is 4.79 Å². The summed E-state index contributed by atoms with van der Waals surface area (Å²) in [5.41, 5.74) is 2.47. The van der Waals surface area contributed by atoms with Gasteiger partial charge in [-0.25, -0.2) is 0 Å². The molecule has 20 heavy (non-hydrogen) atoms. The fourth-order valence-corrected chi connectivity index (χ4v) is 2.18. The number of nitrogens with zero attached hydrogens (tertiary/aromatic N) is 4. The van der Waals surface area contributed by atoms with Crippen molar-refractivity contribution >= 4 is 21.8 Å². The van der Waals surface area contributed by atoms with Crippen molar-refractivity contribution in [3.8, 4) is 0 Å². The van der Waals surface area contributed by atoms with Crippen molar-refractivity contribution in [2.45, 2.75) is 26.8 Å². The van der Waals surface area contributed by atoms with Gasteiger partial charge in [0.15, 0.2) is 0 Å². The summed E-state index contributed by atoms with van der Waals surface area (Å²) in [6.45, 7) is 5.22. The Morgan fingerprint density at radius 3 is 2.75 bits per heavy atom. The maximum absolute atomic E-state index is 12.0. The number of carbonyl (C=O) groups is 1. The van der Waals surface area contributed by atoms with E-state index in [0.717, 1.165) is 28.8 Å². The van der Waals surface area contributed by atoms with E-state index in [1.54, 1.807) is 10.9 Å². The molecule has 0 aliphatic carbocycles. The Bertz CT molecular complexity index is 597. The zero-order valence-corrected chi connectivity index (χ0v) is 13.4. The molecule has 0 radical (unpaired) electrons. The molecule has 0 saturated heterocycles. The number of carbonyl (C=O) groups excluding carboxylic acids is 1. The maximum atomic E-state index is 12.0. The van der Waals surface area contributed by atoms with Crippen LogP contribution in [0.25, 0.3) is 0 Å². The van der Waals surface area contributed by atoms with E-state index in [1.807, 2.05) is 31.8 Å². The highest BCUT2D eigenvalue weighted by Crippen LogP contribution is 2.13. The number of aromatic nitrogens is 4. The lowest BCUT2D eigenvalue weighted by Crippen LogP contribution is -2.25. The molecule has 108 valence electrons. The van der Waals surface area contributed by atoms with Crippen molar-refractivity contribution in [3.05, 3.63) is 33.8 Å². The van der Waals surface area contributed by atoms with Crippen LogP contribution in [0.5, 0.6) is 0 Å². The number of amides is 1. The summed E-state index contributed by atoms with van der Waals surface area (Å²) in [6, 6.07) is 0. The topological polar surface area (TPSA) is 64.7 Å². The molecule has 2 aromatic heterocycles. The SMILES string of the molecule is Cc1nn(CCCNC(=O)c2cnn(C)c2C)cc1Br. The number of nitrogens with one attached hydrogen (secondary N) is 1. The van der Waals surface area contributed by atoms with Crippen molar-refractivity contribution in [2.24, 2.45) is 7.05 Å². The average molecular weight is 340 g/mol. The van der Waals surface area contributed by atoms with E-state index in [-0.39, 0.29) is 5.91 Å². The number of hydrogen-bond acceptors (Lipinski definition) is 3. The van der Waals surface area contributed by atoms with Crippen LogP contribution in [-0.4, -0.2) is 32.0 Å². The Hall–Kier alpha value is -1.63. The summed E-state index contributed by atoms with van der Waals surface area (Å²) in [6.07, 6.45) is 4.37. The van der Waals surface area contributed by atoms with Gasteiger partial charge in [-0.2, -0.15) is 10.2 Å². The fraction of sp³-hybridized carbons (Fsp3) is 0.462. The molecule has 2 aromatic rings. The molecule has 0 spiro atoms. The van der Waals surface area contributed by atoms with Gasteiger partial charge < -0.3 is 5.32 Å². The van der Waals surface area contributed by atoms with Crippen LogP contribution in [0.4, 0.5) is 0 Å². The number of aryl methyl sites for hydroxylation is 3. The fourth-order valence-electron chi connectivity index (χ4n) is 1.87. The minimum Gasteiger partial charge on any atom is -0.352 e. The molecule has 0 unspecified atom stereocenters. The zero-order chi connectivity index (χ0) is 14.7. The molecule has 0 aliphatic rings. The van der Waals surface area contributed by atoms with Crippen LogP contribution < -0.4 is 5.32 Å². The summed E-state index contributed by atoms with van der Waals surface area (Å²) in [5, 5.41) is 11.3. The van der Waals surface area contributed by atoms with Gasteiger partial charge in [0.1, 0.15) is 0 Å². The van der Waals surface area contributed by atoms with Crippen LogP contribution in [0, 0.1) is 13.8 Å². The third-order valence-corrected chi connectivity index (χ3v) is 3.99. The van der Waals surface area contributed by atoms with Crippen molar-refractivity contribution in [1.82, 2.24) is 24.9 Å². The van der Waals surface area contributed by atoms with Crippen LogP contribution in [-0.2, 0) is 13.6 Å². The molecule has 0 saturated carbocycles. The Balaban J connectivity index is 1.78. The molecule has 6 nitrogen and oxygen atoms in total. The number of hydrogen-bond donors (Lipinski definition) is 1. The Labute approximate surface area is 126 Å². The van der Waals surface area contributed by atoms with Crippen LogP contribution in [0.15, 0.2) is 16.9 Å². The van der Waals surface area contributed by atoms with E-state index >= 15 is 0 Å². The molecular formula is C13H18BrN5O. The van der Waals surface area contributed by atoms with Gasteiger partial charge in [-0.15, -0.1) is 0 Å². The van der Waals surface area contributed by atoms with E-state index in [0.29, 0.717) is 12.1 Å². The van der Waals surface area contributed by atoms with Gasteiger partial charge in [0.2, 0.25) is 0 Å². The minimum atomic E-state index is -0.0755. The first-order valence-electron chi connectivity index (χ1n) is 6.45. The van der Waals surface area contributed by atoms with Gasteiger partial charge in [-0.1, -0.05) is 0 Å². The van der Waals surface area contributed by atoms with Gasteiger partial charge in [0.25, 0.3) is 5.91 Å².